The van der Waals surface area contributed by atoms with Crippen molar-refractivity contribution < 1.29 is 23.9 Å². The molecule has 0 fully saturated rings. The molecule has 0 aliphatic heterocycles. The summed E-state index contributed by atoms with van der Waals surface area (Å²) in [7, 11) is 0. The third-order valence-electron chi connectivity index (χ3n) is 3.54. The highest BCUT2D eigenvalue weighted by molar-refractivity contribution is 5.98. The van der Waals surface area contributed by atoms with Gasteiger partial charge in [0.15, 0.2) is 6.61 Å². The Hall–Kier alpha value is -3.68. The number of hydrogen-bond donors (Lipinski definition) is 3. The second kappa shape index (κ2) is 10.5. The van der Waals surface area contributed by atoms with E-state index in [9.17, 15) is 19.2 Å². The SMILES string of the molecule is CCNC(=O)c1cccc(NC(=O)COC(=O)CNC(=O)c2ccccc2)c1. The monoisotopic (exact) mass is 383 g/mol. The number of rotatable bonds is 8. The lowest BCUT2D eigenvalue weighted by atomic mass is 10.2. The molecule has 0 aromatic heterocycles. The number of esters is 1. The normalized spacial score (nSPS) is 9.89. The second-order valence-corrected chi connectivity index (χ2v) is 5.70. The van der Waals surface area contributed by atoms with Gasteiger partial charge in [0.25, 0.3) is 17.7 Å². The molecule has 0 bridgehead atoms. The molecule has 0 saturated heterocycles. The van der Waals surface area contributed by atoms with Crippen LogP contribution >= 0.6 is 0 Å². The minimum absolute atomic E-state index is 0.251. The van der Waals surface area contributed by atoms with Crippen LogP contribution < -0.4 is 16.0 Å². The maximum atomic E-state index is 11.9. The molecule has 0 heterocycles. The van der Waals surface area contributed by atoms with Gasteiger partial charge in [-0.25, -0.2) is 0 Å². The number of anilines is 1. The van der Waals surface area contributed by atoms with E-state index in [1.807, 2.05) is 0 Å². The highest BCUT2D eigenvalue weighted by atomic mass is 16.5. The fourth-order valence-electron chi connectivity index (χ4n) is 2.24. The maximum Gasteiger partial charge on any atom is 0.325 e. The quantitative estimate of drug-likeness (QED) is 0.596. The van der Waals surface area contributed by atoms with Gasteiger partial charge in [-0.3, -0.25) is 19.2 Å². The Morgan fingerprint density at radius 1 is 0.857 bits per heavy atom. The number of nitrogens with one attached hydrogen (secondary N) is 3. The Morgan fingerprint density at radius 3 is 2.25 bits per heavy atom. The zero-order chi connectivity index (χ0) is 20.4. The van der Waals surface area contributed by atoms with E-state index in [-0.39, 0.29) is 12.5 Å². The van der Waals surface area contributed by atoms with Crippen LogP contribution in [0.4, 0.5) is 5.69 Å². The van der Waals surface area contributed by atoms with Gasteiger partial charge in [0, 0.05) is 23.4 Å². The summed E-state index contributed by atoms with van der Waals surface area (Å²) in [5.41, 5.74) is 1.22. The third kappa shape index (κ3) is 6.56. The van der Waals surface area contributed by atoms with Crippen molar-refractivity contribution in [1.82, 2.24) is 10.6 Å². The Morgan fingerprint density at radius 2 is 1.54 bits per heavy atom. The molecule has 2 aromatic rings. The van der Waals surface area contributed by atoms with Crippen LogP contribution in [-0.4, -0.2) is 43.4 Å². The minimum atomic E-state index is -0.740. The fourth-order valence-corrected chi connectivity index (χ4v) is 2.24. The van der Waals surface area contributed by atoms with E-state index in [0.717, 1.165) is 0 Å². The molecule has 28 heavy (non-hydrogen) atoms. The summed E-state index contributed by atoms with van der Waals surface area (Å²) >= 11 is 0. The average molecular weight is 383 g/mol. The van der Waals surface area contributed by atoms with Gasteiger partial charge in [0.2, 0.25) is 0 Å². The molecule has 2 rings (SSSR count). The van der Waals surface area contributed by atoms with Crippen LogP contribution in [0, 0.1) is 0 Å². The number of ether oxygens (including phenoxy) is 1. The lowest BCUT2D eigenvalue weighted by Crippen LogP contribution is -2.32. The first-order valence-electron chi connectivity index (χ1n) is 8.66. The third-order valence-corrected chi connectivity index (χ3v) is 3.54. The van der Waals surface area contributed by atoms with Crippen molar-refractivity contribution in [2.24, 2.45) is 0 Å². The van der Waals surface area contributed by atoms with Crippen molar-refractivity contribution in [1.29, 1.82) is 0 Å². The first kappa shape index (κ1) is 20.6. The number of benzene rings is 2. The first-order chi connectivity index (χ1) is 13.5. The summed E-state index contributed by atoms with van der Waals surface area (Å²) in [6, 6.07) is 14.8. The van der Waals surface area contributed by atoms with E-state index in [2.05, 4.69) is 16.0 Å². The summed E-state index contributed by atoms with van der Waals surface area (Å²) in [5.74, 6) is -1.96. The summed E-state index contributed by atoms with van der Waals surface area (Å²) in [6.45, 7) is 1.44. The van der Waals surface area contributed by atoms with Crippen LogP contribution in [0.1, 0.15) is 27.6 Å². The summed E-state index contributed by atoms with van der Waals surface area (Å²) < 4.78 is 4.83. The number of amides is 3. The zero-order valence-corrected chi connectivity index (χ0v) is 15.4. The van der Waals surface area contributed by atoms with Gasteiger partial charge in [-0.15, -0.1) is 0 Å². The molecule has 0 saturated carbocycles. The van der Waals surface area contributed by atoms with Crippen LogP contribution in [-0.2, 0) is 14.3 Å². The van der Waals surface area contributed by atoms with Crippen molar-refractivity contribution in [3.8, 4) is 0 Å². The van der Waals surface area contributed by atoms with E-state index < -0.39 is 24.4 Å². The Bertz CT molecular complexity index is 852. The summed E-state index contributed by atoms with van der Waals surface area (Å²) in [5, 5.41) is 7.62. The molecule has 0 spiro atoms. The van der Waals surface area contributed by atoms with Gasteiger partial charge in [-0.1, -0.05) is 24.3 Å². The fraction of sp³-hybridized carbons (Fsp3) is 0.200. The lowest BCUT2D eigenvalue weighted by molar-refractivity contribution is -0.146. The van der Waals surface area contributed by atoms with Gasteiger partial charge < -0.3 is 20.7 Å². The van der Waals surface area contributed by atoms with Crippen LogP contribution in [0.25, 0.3) is 0 Å². The molecule has 8 heteroatoms. The number of hydrogen-bond acceptors (Lipinski definition) is 5. The van der Waals surface area contributed by atoms with E-state index in [1.165, 1.54) is 6.07 Å². The smallest absolute Gasteiger partial charge is 0.325 e. The van der Waals surface area contributed by atoms with Gasteiger partial charge >= 0.3 is 5.97 Å². The Balaban J connectivity index is 1.76. The van der Waals surface area contributed by atoms with E-state index in [1.54, 1.807) is 55.5 Å². The highest BCUT2D eigenvalue weighted by Crippen LogP contribution is 2.10. The van der Waals surface area contributed by atoms with Crippen molar-refractivity contribution in [2.45, 2.75) is 6.92 Å². The van der Waals surface area contributed by atoms with Crippen molar-refractivity contribution in [3.63, 3.8) is 0 Å². The predicted octanol–water partition coefficient (Wildman–Crippen LogP) is 1.35. The van der Waals surface area contributed by atoms with E-state index in [0.29, 0.717) is 23.4 Å². The zero-order valence-electron chi connectivity index (χ0n) is 15.4. The maximum absolute atomic E-state index is 11.9. The molecule has 3 amide bonds. The Kier molecular flexibility index (Phi) is 7.71. The summed E-state index contributed by atoms with van der Waals surface area (Å²) in [6.07, 6.45) is 0. The molecule has 2 aromatic carbocycles. The largest absolute Gasteiger partial charge is 0.454 e. The van der Waals surface area contributed by atoms with E-state index in [4.69, 9.17) is 4.74 Å². The lowest BCUT2D eigenvalue weighted by Gasteiger charge is -2.09. The molecule has 0 radical (unpaired) electrons. The van der Waals surface area contributed by atoms with Gasteiger partial charge in [-0.05, 0) is 37.3 Å². The second-order valence-electron chi connectivity index (χ2n) is 5.70. The van der Waals surface area contributed by atoms with Crippen LogP contribution in [0.5, 0.6) is 0 Å². The van der Waals surface area contributed by atoms with Crippen LogP contribution in [0.3, 0.4) is 0 Å². The molecular formula is C20H21N3O5. The minimum Gasteiger partial charge on any atom is -0.454 e. The molecule has 0 unspecified atom stereocenters. The standard InChI is InChI=1S/C20H21N3O5/c1-2-21-20(27)15-9-6-10-16(11-15)23-17(24)13-28-18(25)12-22-19(26)14-7-4-3-5-8-14/h3-11H,2,12-13H2,1H3,(H,21,27)(H,22,26)(H,23,24). The highest BCUT2D eigenvalue weighted by Gasteiger charge is 2.11. The number of carbonyl (C=O) groups excluding carboxylic acids is 4. The summed E-state index contributed by atoms with van der Waals surface area (Å²) in [4.78, 5) is 47.2. The van der Waals surface area contributed by atoms with Gasteiger partial charge in [0.05, 0.1) is 0 Å². The van der Waals surface area contributed by atoms with Crippen molar-refractivity contribution in [2.75, 3.05) is 25.0 Å². The number of carbonyl (C=O) groups is 4. The molecule has 0 atom stereocenters. The topological polar surface area (TPSA) is 114 Å². The molecule has 3 N–H and O–H groups in total. The average Bonchev–Trinajstić information content (AvgIpc) is 2.71. The van der Waals surface area contributed by atoms with Crippen LogP contribution in [0.15, 0.2) is 54.6 Å². The van der Waals surface area contributed by atoms with Crippen molar-refractivity contribution >= 4 is 29.4 Å². The predicted molar refractivity (Wildman–Crippen MR) is 103 cm³/mol. The molecule has 146 valence electrons. The van der Waals surface area contributed by atoms with Gasteiger partial charge in [-0.2, -0.15) is 0 Å². The molecule has 8 nitrogen and oxygen atoms in total. The molecule has 0 aliphatic carbocycles. The van der Waals surface area contributed by atoms with Gasteiger partial charge in [0.1, 0.15) is 6.54 Å². The molecular weight excluding hydrogens is 362 g/mol. The molecule has 0 aliphatic rings. The van der Waals surface area contributed by atoms with Crippen LogP contribution in [0.2, 0.25) is 0 Å². The van der Waals surface area contributed by atoms with Crippen molar-refractivity contribution in [3.05, 3.63) is 65.7 Å². The van der Waals surface area contributed by atoms with E-state index >= 15 is 0 Å². The first-order valence-corrected chi connectivity index (χ1v) is 8.66. The Labute approximate surface area is 162 Å².